The van der Waals surface area contributed by atoms with Crippen molar-refractivity contribution >= 4 is 17.9 Å². The highest BCUT2D eigenvalue weighted by atomic mass is 32.2. The van der Waals surface area contributed by atoms with Crippen molar-refractivity contribution in [2.45, 2.75) is 30.8 Å². The maximum absolute atomic E-state index is 11.4. The van der Waals surface area contributed by atoms with Crippen molar-refractivity contribution in [1.29, 1.82) is 0 Å². The van der Waals surface area contributed by atoms with Crippen LogP contribution in [0.1, 0.15) is 23.7 Å². The second-order valence-corrected chi connectivity index (χ2v) is 6.48. The van der Waals surface area contributed by atoms with E-state index in [1.165, 1.54) is 16.2 Å². The summed E-state index contributed by atoms with van der Waals surface area (Å²) in [6.45, 7) is 3.92. The molecule has 1 atom stereocenters. The molecule has 2 aromatic rings. The fourth-order valence-corrected chi connectivity index (χ4v) is 3.70. The smallest absolute Gasteiger partial charge is 0.219 e. The molecule has 0 aliphatic carbocycles. The Morgan fingerprint density at radius 3 is 2.76 bits per heavy atom. The fraction of sp³-hybridized carbons (Fsp3) is 0.312. The maximum atomic E-state index is 11.4. The SMILES string of the molecule is Cc1ccc(SN2CCn3cccc3C2CC(N)=O)cc1. The number of nitrogens with two attached hydrogens (primary N) is 1. The molecule has 1 amide bonds. The highest BCUT2D eigenvalue weighted by molar-refractivity contribution is 7.97. The topological polar surface area (TPSA) is 51.3 Å². The zero-order chi connectivity index (χ0) is 14.8. The summed E-state index contributed by atoms with van der Waals surface area (Å²) in [5.41, 5.74) is 7.86. The second-order valence-electron chi connectivity index (χ2n) is 5.36. The van der Waals surface area contributed by atoms with Crippen LogP contribution in [0.15, 0.2) is 47.5 Å². The van der Waals surface area contributed by atoms with E-state index in [2.05, 4.69) is 52.3 Å². The monoisotopic (exact) mass is 301 g/mol. The van der Waals surface area contributed by atoms with Crippen molar-refractivity contribution in [1.82, 2.24) is 8.87 Å². The minimum Gasteiger partial charge on any atom is -0.370 e. The van der Waals surface area contributed by atoms with Gasteiger partial charge < -0.3 is 10.3 Å². The summed E-state index contributed by atoms with van der Waals surface area (Å²) in [6.07, 6.45) is 2.42. The predicted octanol–water partition coefficient (Wildman–Crippen LogP) is 2.74. The number of hydrogen-bond donors (Lipinski definition) is 1. The molecule has 0 bridgehead atoms. The van der Waals surface area contributed by atoms with Gasteiger partial charge in [0.25, 0.3) is 0 Å². The van der Waals surface area contributed by atoms with Crippen LogP contribution in [0, 0.1) is 6.92 Å². The van der Waals surface area contributed by atoms with Crippen LogP contribution in [0.4, 0.5) is 0 Å². The minimum atomic E-state index is -0.260. The van der Waals surface area contributed by atoms with Crippen molar-refractivity contribution in [2.24, 2.45) is 5.73 Å². The van der Waals surface area contributed by atoms with Crippen molar-refractivity contribution in [3.8, 4) is 0 Å². The molecule has 0 fully saturated rings. The average Bonchev–Trinajstić information content (AvgIpc) is 2.92. The molecule has 0 radical (unpaired) electrons. The summed E-state index contributed by atoms with van der Waals surface area (Å²) in [6, 6.07) is 12.6. The molecule has 4 nitrogen and oxygen atoms in total. The summed E-state index contributed by atoms with van der Waals surface area (Å²) in [5, 5.41) is 0. The molecule has 1 unspecified atom stereocenters. The Labute approximate surface area is 129 Å². The molecule has 0 saturated carbocycles. The zero-order valence-electron chi connectivity index (χ0n) is 12.0. The number of aryl methyl sites for hydroxylation is 1. The number of nitrogens with zero attached hydrogens (tertiary/aromatic N) is 2. The van der Waals surface area contributed by atoms with Crippen LogP contribution in [0.2, 0.25) is 0 Å². The highest BCUT2D eigenvalue weighted by Gasteiger charge is 2.29. The van der Waals surface area contributed by atoms with Gasteiger partial charge in [-0.1, -0.05) is 17.7 Å². The summed E-state index contributed by atoms with van der Waals surface area (Å²) in [7, 11) is 0. The van der Waals surface area contributed by atoms with Gasteiger partial charge in [-0.05, 0) is 43.1 Å². The molecule has 1 aliphatic rings. The lowest BCUT2D eigenvalue weighted by atomic mass is 10.1. The number of rotatable bonds is 4. The second kappa shape index (κ2) is 5.95. The summed E-state index contributed by atoms with van der Waals surface area (Å²) in [4.78, 5) is 12.6. The first-order valence-electron chi connectivity index (χ1n) is 7.08. The third-order valence-electron chi connectivity index (χ3n) is 3.75. The van der Waals surface area contributed by atoms with Crippen LogP contribution in [0.5, 0.6) is 0 Å². The van der Waals surface area contributed by atoms with Gasteiger partial charge in [0.05, 0.1) is 6.04 Å². The highest BCUT2D eigenvalue weighted by Crippen LogP contribution is 2.37. The Bertz CT molecular complexity index is 635. The van der Waals surface area contributed by atoms with E-state index in [-0.39, 0.29) is 11.9 Å². The first-order valence-corrected chi connectivity index (χ1v) is 7.85. The van der Waals surface area contributed by atoms with E-state index in [1.54, 1.807) is 11.9 Å². The number of aromatic nitrogens is 1. The maximum Gasteiger partial charge on any atom is 0.219 e. The largest absolute Gasteiger partial charge is 0.370 e. The van der Waals surface area contributed by atoms with Gasteiger partial charge in [-0.25, -0.2) is 4.31 Å². The molecule has 2 heterocycles. The van der Waals surface area contributed by atoms with Gasteiger partial charge in [0.1, 0.15) is 0 Å². The zero-order valence-corrected chi connectivity index (χ0v) is 12.8. The molecule has 1 aliphatic heterocycles. The molecule has 2 N–H and O–H groups in total. The number of primary amides is 1. The predicted molar refractivity (Wildman–Crippen MR) is 84.7 cm³/mol. The number of fused-ring (bicyclic) bond motifs is 1. The molecule has 0 saturated heterocycles. The van der Waals surface area contributed by atoms with Crippen LogP contribution >= 0.6 is 11.9 Å². The molecule has 1 aromatic heterocycles. The normalized spacial score (nSPS) is 18.4. The Balaban J connectivity index is 1.83. The molecule has 5 heteroatoms. The van der Waals surface area contributed by atoms with Crippen molar-refractivity contribution in [2.75, 3.05) is 6.54 Å². The van der Waals surface area contributed by atoms with Gasteiger partial charge >= 0.3 is 0 Å². The number of amides is 1. The third kappa shape index (κ3) is 3.14. The van der Waals surface area contributed by atoms with Crippen LogP contribution in [-0.2, 0) is 11.3 Å². The van der Waals surface area contributed by atoms with E-state index in [9.17, 15) is 4.79 Å². The van der Waals surface area contributed by atoms with Gasteiger partial charge in [0.2, 0.25) is 5.91 Å². The summed E-state index contributed by atoms with van der Waals surface area (Å²) < 4.78 is 4.48. The molecule has 0 spiro atoms. The average molecular weight is 301 g/mol. The fourth-order valence-electron chi connectivity index (χ4n) is 2.68. The Kier molecular flexibility index (Phi) is 4.03. The number of hydrogen-bond acceptors (Lipinski definition) is 3. The van der Waals surface area contributed by atoms with Gasteiger partial charge in [-0.2, -0.15) is 0 Å². The Hall–Kier alpha value is -1.72. The number of carbonyl (C=O) groups excluding carboxylic acids is 1. The van der Waals surface area contributed by atoms with Crippen LogP contribution < -0.4 is 5.73 Å². The third-order valence-corrected chi connectivity index (χ3v) is 4.91. The number of benzene rings is 1. The Morgan fingerprint density at radius 1 is 1.29 bits per heavy atom. The number of carbonyl (C=O) groups is 1. The van der Waals surface area contributed by atoms with Crippen LogP contribution in [0.3, 0.4) is 0 Å². The molecule has 21 heavy (non-hydrogen) atoms. The summed E-state index contributed by atoms with van der Waals surface area (Å²) >= 11 is 1.70. The van der Waals surface area contributed by atoms with Gasteiger partial charge in [-0.15, -0.1) is 0 Å². The van der Waals surface area contributed by atoms with E-state index in [4.69, 9.17) is 5.73 Å². The summed E-state index contributed by atoms with van der Waals surface area (Å²) in [5.74, 6) is -0.260. The van der Waals surface area contributed by atoms with Crippen LogP contribution in [-0.4, -0.2) is 21.3 Å². The van der Waals surface area contributed by atoms with Crippen molar-refractivity contribution in [3.05, 3.63) is 53.9 Å². The van der Waals surface area contributed by atoms with Gasteiger partial charge in [0.15, 0.2) is 0 Å². The molecule has 3 rings (SSSR count). The van der Waals surface area contributed by atoms with E-state index in [0.717, 1.165) is 13.1 Å². The Morgan fingerprint density at radius 2 is 2.05 bits per heavy atom. The quantitative estimate of drug-likeness (QED) is 0.883. The van der Waals surface area contributed by atoms with Gasteiger partial charge in [-0.3, -0.25) is 4.79 Å². The standard InChI is InChI=1S/C16H19N3OS/c1-12-4-6-13(7-5-12)21-19-10-9-18-8-2-3-14(18)15(19)11-16(17)20/h2-8,15H,9-11H2,1H3,(H2,17,20). The molecular weight excluding hydrogens is 282 g/mol. The lowest BCUT2D eigenvalue weighted by Crippen LogP contribution is -2.35. The molecule has 1 aromatic carbocycles. The van der Waals surface area contributed by atoms with E-state index in [0.29, 0.717) is 6.42 Å². The first kappa shape index (κ1) is 14.2. The molecule has 110 valence electrons. The molecular formula is C16H19N3OS. The van der Waals surface area contributed by atoms with Gasteiger partial charge in [0, 0.05) is 36.3 Å². The van der Waals surface area contributed by atoms with Crippen molar-refractivity contribution < 1.29 is 4.79 Å². The van der Waals surface area contributed by atoms with E-state index in [1.807, 2.05) is 6.07 Å². The first-order chi connectivity index (χ1) is 10.1. The lowest BCUT2D eigenvalue weighted by Gasteiger charge is -2.35. The lowest BCUT2D eigenvalue weighted by molar-refractivity contribution is -0.119. The van der Waals surface area contributed by atoms with E-state index >= 15 is 0 Å². The van der Waals surface area contributed by atoms with Crippen LogP contribution in [0.25, 0.3) is 0 Å². The van der Waals surface area contributed by atoms with E-state index < -0.39 is 0 Å². The van der Waals surface area contributed by atoms with Crippen molar-refractivity contribution in [3.63, 3.8) is 0 Å². The minimum absolute atomic E-state index is 0.0394.